The lowest BCUT2D eigenvalue weighted by atomic mass is 9.78. The van der Waals surface area contributed by atoms with Crippen molar-refractivity contribution in [3.63, 3.8) is 0 Å². The zero-order valence-corrected chi connectivity index (χ0v) is 21.5. The lowest BCUT2D eigenvalue weighted by Crippen LogP contribution is -2.42. The number of carbonyl (C=O) groups is 2. The van der Waals surface area contributed by atoms with E-state index >= 15 is 4.39 Å². The second kappa shape index (κ2) is 9.08. The Morgan fingerprint density at radius 3 is 2.44 bits per heavy atom. The third kappa shape index (κ3) is 5.19. The fourth-order valence-corrected chi connectivity index (χ4v) is 3.80. The van der Waals surface area contributed by atoms with Crippen molar-refractivity contribution in [3.05, 3.63) is 36.3 Å². The van der Waals surface area contributed by atoms with Crippen molar-refractivity contribution < 1.29 is 37.3 Å². The number of rotatable bonds is 5. The SMILES string of the molecule is CC(C)(C)OC(=O)N(C[C@H]1CN(c2ccc(B3OC(C)(C)C(C)(C)O3)c(F)c2)C(=O)O1)c1ccon1. The predicted molar refractivity (Wildman–Crippen MR) is 130 cm³/mol. The third-order valence-electron chi connectivity index (χ3n) is 6.38. The van der Waals surface area contributed by atoms with E-state index < -0.39 is 48.0 Å². The van der Waals surface area contributed by atoms with Crippen molar-refractivity contribution in [2.75, 3.05) is 22.9 Å². The first-order chi connectivity index (χ1) is 16.7. The van der Waals surface area contributed by atoms with E-state index in [1.807, 2.05) is 27.7 Å². The van der Waals surface area contributed by atoms with Gasteiger partial charge in [-0.1, -0.05) is 11.2 Å². The number of halogens is 1. The van der Waals surface area contributed by atoms with Gasteiger partial charge < -0.3 is 23.3 Å². The molecule has 0 saturated carbocycles. The third-order valence-corrected chi connectivity index (χ3v) is 6.38. The Morgan fingerprint density at radius 1 is 1.22 bits per heavy atom. The second-order valence-corrected chi connectivity index (χ2v) is 10.9. The number of hydrogen-bond donors (Lipinski definition) is 0. The first-order valence-corrected chi connectivity index (χ1v) is 11.7. The maximum atomic E-state index is 15.1. The van der Waals surface area contributed by atoms with Crippen molar-refractivity contribution in [1.29, 1.82) is 0 Å². The molecule has 0 unspecified atom stereocenters. The minimum atomic E-state index is -0.868. The van der Waals surface area contributed by atoms with Crippen LogP contribution in [0.1, 0.15) is 48.5 Å². The van der Waals surface area contributed by atoms with Crippen LogP contribution >= 0.6 is 0 Å². The van der Waals surface area contributed by atoms with Crippen molar-refractivity contribution in [2.45, 2.75) is 71.4 Å². The summed E-state index contributed by atoms with van der Waals surface area (Å²) >= 11 is 0. The van der Waals surface area contributed by atoms with E-state index in [2.05, 4.69) is 5.16 Å². The zero-order chi connectivity index (χ0) is 26.5. The Hall–Kier alpha value is -3.12. The summed E-state index contributed by atoms with van der Waals surface area (Å²) in [6, 6.07) is 5.89. The van der Waals surface area contributed by atoms with E-state index in [1.165, 1.54) is 34.3 Å². The number of nitrogens with zero attached hydrogens (tertiary/aromatic N) is 3. The number of anilines is 2. The van der Waals surface area contributed by atoms with Crippen molar-refractivity contribution in [2.24, 2.45) is 0 Å². The number of amides is 2. The van der Waals surface area contributed by atoms with Crippen LogP contribution in [0.2, 0.25) is 0 Å². The molecule has 1 aromatic heterocycles. The molecule has 10 nitrogen and oxygen atoms in total. The van der Waals surface area contributed by atoms with Crippen LogP contribution in [0.25, 0.3) is 0 Å². The van der Waals surface area contributed by atoms with E-state index in [0.717, 1.165) is 0 Å². The van der Waals surface area contributed by atoms with E-state index in [0.29, 0.717) is 5.69 Å². The summed E-state index contributed by atoms with van der Waals surface area (Å²) in [5, 5.41) is 3.81. The molecule has 2 saturated heterocycles. The Kier molecular flexibility index (Phi) is 6.55. The summed E-state index contributed by atoms with van der Waals surface area (Å²) in [5.74, 6) is -0.350. The number of ether oxygens (including phenoxy) is 2. The van der Waals surface area contributed by atoms with Crippen LogP contribution in [0.15, 0.2) is 35.1 Å². The molecule has 36 heavy (non-hydrogen) atoms. The van der Waals surface area contributed by atoms with Crippen LogP contribution < -0.4 is 15.3 Å². The fraction of sp³-hybridized carbons (Fsp3) is 0.542. The number of cyclic esters (lactones) is 1. The maximum absolute atomic E-state index is 15.1. The fourth-order valence-electron chi connectivity index (χ4n) is 3.80. The molecular formula is C24H31BFN3O7. The lowest BCUT2D eigenvalue weighted by molar-refractivity contribution is 0.00578. The standard InChI is InChI=1S/C24H31BFN3O7/c1-22(2,3)34-21(31)29(19-10-11-32-27-19)14-16-13-28(20(30)33-16)15-8-9-17(18(26)12-15)25-35-23(4,5)24(6,7)36-25/h8-12,16H,13-14H2,1-7H3/t16-/m1/s1. The second-order valence-electron chi connectivity index (χ2n) is 10.9. The molecule has 3 heterocycles. The molecule has 2 aliphatic rings. The van der Waals surface area contributed by atoms with Crippen LogP contribution in [0.4, 0.5) is 25.5 Å². The summed E-state index contributed by atoms with van der Waals surface area (Å²) in [5.41, 5.74) is -1.42. The Balaban J connectivity index is 1.48. The summed E-state index contributed by atoms with van der Waals surface area (Å²) < 4.78 is 42.8. The van der Waals surface area contributed by atoms with Gasteiger partial charge in [0.25, 0.3) is 0 Å². The topological polar surface area (TPSA) is 104 Å². The average Bonchev–Trinajstić information content (AvgIpc) is 3.43. The van der Waals surface area contributed by atoms with Crippen LogP contribution in [0.3, 0.4) is 0 Å². The molecular weight excluding hydrogens is 472 g/mol. The van der Waals surface area contributed by atoms with E-state index in [4.69, 9.17) is 23.3 Å². The van der Waals surface area contributed by atoms with Crippen molar-refractivity contribution >= 4 is 36.3 Å². The highest BCUT2D eigenvalue weighted by molar-refractivity contribution is 6.62. The Bertz CT molecular complexity index is 1120. The van der Waals surface area contributed by atoms with Gasteiger partial charge in [-0.25, -0.2) is 14.0 Å². The van der Waals surface area contributed by atoms with Gasteiger partial charge in [-0.2, -0.15) is 0 Å². The minimum Gasteiger partial charge on any atom is -0.443 e. The van der Waals surface area contributed by atoms with Gasteiger partial charge >= 0.3 is 19.3 Å². The molecule has 0 radical (unpaired) electrons. The van der Waals surface area contributed by atoms with Crippen LogP contribution in [0.5, 0.6) is 0 Å². The van der Waals surface area contributed by atoms with Gasteiger partial charge in [-0.3, -0.25) is 9.80 Å². The largest absolute Gasteiger partial charge is 0.497 e. The van der Waals surface area contributed by atoms with Crippen LogP contribution in [-0.2, 0) is 18.8 Å². The van der Waals surface area contributed by atoms with Gasteiger partial charge in [0.1, 0.15) is 23.8 Å². The molecule has 4 rings (SSSR count). The molecule has 2 aromatic rings. The summed E-state index contributed by atoms with van der Waals surface area (Å²) in [6.45, 7) is 12.8. The average molecular weight is 503 g/mol. The Labute approximate surface area is 209 Å². The molecule has 194 valence electrons. The molecule has 2 aliphatic heterocycles. The normalized spacial score (nSPS) is 21.0. The molecule has 0 N–H and O–H groups in total. The van der Waals surface area contributed by atoms with Gasteiger partial charge in [0.2, 0.25) is 0 Å². The summed E-state index contributed by atoms with van der Waals surface area (Å²) in [6.07, 6.45) is -0.715. The number of aromatic nitrogens is 1. The van der Waals surface area contributed by atoms with Gasteiger partial charge in [0.15, 0.2) is 5.82 Å². The molecule has 0 spiro atoms. The summed E-state index contributed by atoms with van der Waals surface area (Å²) in [4.78, 5) is 27.9. The number of hydrogen-bond acceptors (Lipinski definition) is 8. The van der Waals surface area contributed by atoms with Gasteiger partial charge in [-0.15, -0.1) is 0 Å². The van der Waals surface area contributed by atoms with Gasteiger partial charge in [-0.05, 0) is 60.6 Å². The van der Waals surface area contributed by atoms with E-state index in [1.54, 1.807) is 26.8 Å². The molecule has 0 bridgehead atoms. The maximum Gasteiger partial charge on any atom is 0.497 e. The van der Waals surface area contributed by atoms with Crippen LogP contribution in [0, 0.1) is 5.82 Å². The molecule has 1 atom stereocenters. The molecule has 2 fully saturated rings. The smallest absolute Gasteiger partial charge is 0.443 e. The quantitative estimate of drug-likeness (QED) is 0.567. The first-order valence-electron chi connectivity index (χ1n) is 11.7. The molecule has 2 amide bonds. The number of carbonyl (C=O) groups excluding carboxylic acids is 2. The highest BCUT2D eigenvalue weighted by atomic mass is 19.1. The predicted octanol–water partition coefficient (Wildman–Crippen LogP) is 3.88. The summed E-state index contributed by atoms with van der Waals surface area (Å²) in [7, 11) is -0.868. The van der Waals surface area contributed by atoms with Gasteiger partial charge in [0, 0.05) is 11.5 Å². The van der Waals surface area contributed by atoms with Crippen molar-refractivity contribution in [3.8, 4) is 0 Å². The molecule has 12 heteroatoms. The Morgan fingerprint density at radius 2 is 1.89 bits per heavy atom. The monoisotopic (exact) mass is 503 g/mol. The molecule has 1 aromatic carbocycles. The lowest BCUT2D eigenvalue weighted by Gasteiger charge is -2.32. The van der Waals surface area contributed by atoms with Crippen LogP contribution in [-0.4, -0.2) is 60.5 Å². The molecule has 0 aliphatic carbocycles. The van der Waals surface area contributed by atoms with E-state index in [9.17, 15) is 9.59 Å². The van der Waals surface area contributed by atoms with Crippen molar-refractivity contribution in [1.82, 2.24) is 5.16 Å². The highest BCUT2D eigenvalue weighted by Crippen LogP contribution is 2.37. The van der Waals surface area contributed by atoms with Gasteiger partial charge in [0.05, 0.1) is 30.0 Å². The zero-order valence-electron chi connectivity index (χ0n) is 21.5. The van der Waals surface area contributed by atoms with E-state index in [-0.39, 0.29) is 24.4 Å². The number of benzene rings is 1. The minimum absolute atomic E-state index is 0.0296. The highest BCUT2D eigenvalue weighted by Gasteiger charge is 2.52. The first kappa shape index (κ1) is 26.0.